The molecule has 0 saturated carbocycles. The number of esters is 1. The van der Waals surface area contributed by atoms with E-state index in [0.717, 1.165) is 5.39 Å². The highest BCUT2D eigenvalue weighted by molar-refractivity contribution is 5.96. The first-order valence-electron chi connectivity index (χ1n) is 7.11. The van der Waals surface area contributed by atoms with Gasteiger partial charge >= 0.3 is 5.97 Å². The fraction of sp³-hybridized carbons (Fsp3) is 0.0556. The van der Waals surface area contributed by atoms with E-state index in [1.54, 1.807) is 36.4 Å². The average molecular weight is 320 g/mol. The lowest BCUT2D eigenvalue weighted by atomic mass is 10.2. The zero-order chi connectivity index (χ0) is 16.9. The van der Waals surface area contributed by atoms with E-state index in [1.165, 1.54) is 6.07 Å². The zero-order valence-electron chi connectivity index (χ0n) is 12.5. The number of para-hydroxylation sites is 1. The fourth-order valence-corrected chi connectivity index (χ4v) is 2.15. The van der Waals surface area contributed by atoms with Crippen molar-refractivity contribution >= 4 is 28.5 Å². The van der Waals surface area contributed by atoms with Crippen LogP contribution in [0.3, 0.4) is 0 Å². The number of benzene rings is 2. The molecule has 3 rings (SSSR count). The van der Waals surface area contributed by atoms with E-state index in [0.29, 0.717) is 16.8 Å². The third-order valence-corrected chi connectivity index (χ3v) is 3.24. The number of nitrogens with zero attached hydrogens (tertiary/aromatic N) is 1. The Hall–Kier alpha value is -3.59. The van der Waals surface area contributed by atoms with Gasteiger partial charge in [-0.15, -0.1) is 0 Å². The summed E-state index contributed by atoms with van der Waals surface area (Å²) in [6.45, 7) is -0.452. The van der Waals surface area contributed by atoms with E-state index >= 15 is 0 Å². The van der Waals surface area contributed by atoms with E-state index in [9.17, 15) is 9.59 Å². The van der Waals surface area contributed by atoms with Crippen molar-refractivity contribution in [1.82, 2.24) is 0 Å². The highest BCUT2D eigenvalue weighted by Gasteiger charge is 2.15. The molecule has 1 aromatic heterocycles. The largest absolute Gasteiger partial charge is 0.450 e. The molecular formula is C18H12N2O4. The number of carbonyl (C=O) groups excluding carboxylic acids is 2. The van der Waals surface area contributed by atoms with E-state index < -0.39 is 18.5 Å². The van der Waals surface area contributed by atoms with E-state index in [-0.39, 0.29) is 5.76 Å². The van der Waals surface area contributed by atoms with Gasteiger partial charge in [-0.2, -0.15) is 5.26 Å². The van der Waals surface area contributed by atoms with E-state index in [1.807, 2.05) is 18.2 Å². The number of rotatable bonds is 4. The number of fused-ring (bicyclic) bond motifs is 1. The Bertz CT molecular complexity index is 920. The predicted molar refractivity (Wildman–Crippen MR) is 86.3 cm³/mol. The van der Waals surface area contributed by atoms with Crippen molar-refractivity contribution in [3.05, 3.63) is 65.9 Å². The van der Waals surface area contributed by atoms with Crippen LogP contribution in [-0.2, 0) is 9.53 Å². The van der Waals surface area contributed by atoms with Gasteiger partial charge in [-0.25, -0.2) is 4.79 Å². The summed E-state index contributed by atoms with van der Waals surface area (Å²) in [5.41, 5.74) is 1.45. The van der Waals surface area contributed by atoms with Crippen molar-refractivity contribution in [2.45, 2.75) is 0 Å². The Morgan fingerprint density at radius 3 is 2.75 bits per heavy atom. The number of nitriles is 1. The van der Waals surface area contributed by atoms with Crippen LogP contribution in [0.2, 0.25) is 0 Å². The summed E-state index contributed by atoms with van der Waals surface area (Å²) >= 11 is 0. The van der Waals surface area contributed by atoms with Gasteiger partial charge in [0.05, 0.1) is 11.6 Å². The predicted octanol–water partition coefficient (Wildman–Crippen LogP) is 3.10. The number of anilines is 1. The minimum absolute atomic E-state index is 0.0375. The molecule has 0 aliphatic heterocycles. The first-order chi connectivity index (χ1) is 11.7. The van der Waals surface area contributed by atoms with Gasteiger partial charge in [0.15, 0.2) is 6.61 Å². The van der Waals surface area contributed by atoms with Crippen molar-refractivity contribution < 1.29 is 18.7 Å². The van der Waals surface area contributed by atoms with Crippen LogP contribution < -0.4 is 5.32 Å². The molecule has 0 aliphatic carbocycles. The molecule has 6 heteroatoms. The molecule has 6 nitrogen and oxygen atoms in total. The summed E-state index contributed by atoms with van der Waals surface area (Å²) in [5.74, 6) is -1.18. The third-order valence-electron chi connectivity index (χ3n) is 3.24. The molecule has 1 amide bonds. The number of ether oxygens (including phenoxy) is 1. The lowest BCUT2D eigenvalue weighted by Gasteiger charge is -2.05. The standard InChI is InChI=1S/C18H12N2O4/c19-10-12-4-3-6-14(8-12)20-17(21)11-23-18(22)16-9-13-5-1-2-7-15(13)24-16/h1-9H,11H2,(H,20,21). The summed E-state index contributed by atoms with van der Waals surface area (Å²) in [7, 11) is 0. The third kappa shape index (κ3) is 3.42. The van der Waals surface area contributed by atoms with Gasteiger partial charge in [-0.05, 0) is 30.3 Å². The second kappa shape index (κ2) is 6.67. The molecule has 1 N–H and O–H groups in total. The molecule has 3 aromatic rings. The molecule has 1 heterocycles. The molecule has 0 fully saturated rings. The van der Waals surface area contributed by atoms with Crippen molar-refractivity contribution in [3.63, 3.8) is 0 Å². The van der Waals surface area contributed by atoms with Gasteiger partial charge in [0.25, 0.3) is 5.91 Å². The molecule has 24 heavy (non-hydrogen) atoms. The van der Waals surface area contributed by atoms with Gasteiger partial charge in [0, 0.05) is 11.1 Å². The van der Waals surface area contributed by atoms with Gasteiger partial charge in [-0.3, -0.25) is 4.79 Å². The monoisotopic (exact) mass is 320 g/mol. The summed E-state index contributed by atoms with van der Waals surface area (Å²) in [6.07, 6.45) is 0. The fourth-order valence-electron chi connectivity index (χ4n) is 2.15. The molecular weight excluding hydrogens is 308 g/mol. The van der Waals surface area contributed by atoms with Crippen LogP contribution in [0.5, 0.6) is 0 Å². The highest BCUT2D eigenvalue weighted by atomic mass is 16.5. The number of nitrogens with one attached hydrogen (secondary N) is 1. The van der Waals surface area contributed by atoms with Crippen molar-refractivity contribution in [2.75, 3.05) is 11.9 Å². The Morgan fingerprint density at radius 1 is 1.12 bits per heavy atom. The quantitative estimate of drug-likeness (QED) is 0.746. The second-order valence-corrected chi connectivity index (χ2v) is 4.97. The van der Waals surface area contributed by atoms with Gasteiger partial charge in [-0.1, -0.05) is 24.3 Å². The molecule has 0 saturated heterocycles. The smallest absolute Gasteiger partial charge is 0.374 e. The summed E-state index contributed by atoms with van der Waals surface area (Å²) in [6, 6.07) is 17.1. The molecule has 0 unspecified atom stereocenters. The van der Waals surface area contributed by atoms with Gasteiger partial charge in [0.1, 0.15) is 5.58 Å². The van der Waals surface area contributed by atoms with Crippen molar-refractivity contribution in [1.29, 1.82) is 5.26 Å². The highest BCUT2D eigenvalue weighted by Crippen LogP contribution is 2.19. The topological polar surface area (TPSA) is 92.3 Å². The number of furan rings is 1. The van der Waals surface area contributed by atoms with E-state index in [4.69, 9.17) is 14.4 Å². The molecule has 0 radical (unpaired) electrons. The minimum atomic E-state index is -0.716. The van der Waals surface area contributed by atoms with Crippen LogP contribution in [0.1, 0.15) is 16.1 Å². The molecule has 118 valence electrons. The Kier molecular flexibility index (Phi) is 4.25. The molecule has 2 aromatic carbocycles. The van der Waals surface area contributed by atoms with Gasteiger partial charge in [0.2, 0.25) is 5.76 Å². The first-order valence-corrected chi connectivity index (χ1v) is 7.11. The van der Waals surface area contributed by atoms with Crippen LogP contribution in [0.4, 0.5) is 5.69 Å². The Morgan fingerprint density at radius 2 is 1.96 bits per heavy atom. The summed E-state index contributed by atoms with van der Waals surface area (Å²) in [5, 5.41) is 12.1. The van der Waals surface area contributed by atoms with Crippen molar-refractivity contribution in [3.8, 4) is 6.07 Å². The number of carbonyl (C=O) groups is 2. The maximum Gasteiger partial charge on any atom is 0.374 e. The summed E-state index contributed by atoms with van der Waals surface area (Å²) < 4.78 is 10.3. The van der Waals surface area contributed by atoms with Crippen LogP contribution in [0.25, 0.3) is 11.0 Å². The number of hydrogen-bond acceptors (Lipinski definition) is 5. The number of amides is 1. The Labute approximate surface area is 137 Å². The minimum Gasteiger partial charge on any atom is -0.450 e. The maximum absolute atomic E-state index is 11.9. The maximum atomic E-state index is 11.9. The van der Waals surface area contributed by atoms with Crippen LogP contribution >= 0.6 is 0 Å². The van der Waals surface area contributed by atoms with Gasteiger partial charge < -0.3 is 14.5 Å². The lowest BCUT2D eigenvalue weighted by molar-refractivity contribution is -0.119. The average Bonchev–Trinajstić information content (AvgIpc) is 3.04. The van der Waals surface area contributed by atoms with Crippen LogP contribution in [0, 0.1) is 11.3 Å². The van der Waals surface area contributed by atoms with Crippen molar-refractivity contribution in [2.24, 2.45) is 0 Å². The normalized spacial score (nSPS) is 10.1. The first kappa shape index (κ1) is 15.3. The SMILES string of the molecule is N#Cc1cccc(NC(=O)COC(=O)c2cc3ccccc3o2)c1. The second-order valence-electron chi connectivity index (χ2n) is 4.97. The molecule has 0 aliphatic rings. The Balaban J connectivity index is 1.59. The molecule has 0 bridgehead atoms. The number of hydrogen-bond donors (Lipinski definition) is 1. The van der Waals surface area contributed by atoms with Crippen LogP contribution in [0.15, 0.2) is 59.0 Å². The molecule has 0 atom stereocenters. The van der Waals surface area contributed by atoms with E-state index in [2.05, 4.69) is 5.32 Å². The van der Waals surface area contributed by atoms with Crippen LogP contribution in [-0.4, -0.2) is 18.5 Å². The zero-order valence-corrected chi connectivity index (χ0v) is 12.5. The lowest BCUT2D eigenvalue weighted by Crippen LogP contribution is -2.20. The molecule has 0 spiro atoms. The summed E-state index contributed by atoms with van der Waals surface area (Å²) in [4.78, 5) is 23.8.